The molecule has 0 aromatic heterocycles. The van der Waals surface area contributed by atoms with Crippen LogP contribution in [0.4, 0.5) is 13.6 Å². The van der Waals surface area contributed by atoms with Gasteiger partial charge in [-0.2, -0.15) is 0 Å². The first-order valence-electron chi connectivity index (χ1n) is 7.44. The van der Waals surface area contributed by atoms with Crippen molar-refractivity contribution >= 4 is 29.6 Å². The molecule has 1 aromatic rings. The highest BCUT2D eigenvalue weighted by Gasteiger charge is 2.27. The van der Waals surface area contributed by atoms with Crippen molar-refractivity contribution in [2.75, 3.05) is 13.1 Å². The van der Waals surface area contributed by atoms with Crippen molar-refractivity contribution in [1.29, 1.82) is 0 Å². The van der Waals surface area contributed by atoms with Gasteiger partial charge in [-0.25, -0.2) is 13.6 Å². The van der Waals surface area contributed by atoms with Crippen molar-refractivity contribution in [2.24, 2.45) is 0 Å². The molecule has 0 saturated carbocycles. The average Bonchev–Trinajstić information content (AvgIpc) is 2.50. The third-order valence-electron chi connectivity index (χ3n) is 3.46. The summed E-state index contributed by atoms with van der Waals surface area (Å²) in [6.07, 6.45) is 1.84. The van der Waals surface area contributed by atoms with Crippen LogP contribution in [0.5, 0.6) is 0 Å². The van der Waals surface area contributed by atoms with Gasteiger partial charge in [0.2, 0.25) is 0 Å². The molecule has 1 aromatic carbocycles. The van der Waals surface area contributed by atoms with Crippen LogP contribution in [0.15, 0.2) is 12.1 Å². The molecular formula is C17H18ClF2NO3. The van der Waals surface area contributed by atoms with Crippen LogP contribution in [0.25, 0.3) is 5.57 Å². The van der Waals surface area contributed by atoms with Crippen molar-refractivity contribution in [3.8, 4) is 0 Å². The second-order valence-electron chi connectivity index (χ2n) is 6.49. The maximum absolute atomic E-state index is 14.2. The molecule has 0 radical (unpaired) electrons. The molecule has 2 rings (SSSR count). The lowest BCUT2D eigenvalue weighted by atomic mass is 9.99. The molecule has 0 spiro atoms. The number of amides is 1. The summed E-state index contributed by atoms with van der Waals surface area (Å²) < 4.78 is 33.5. The lowest BCUT2D eigenvalue weighted by Gasteiger charge is -2.30. The van der Waals surface area contributed by atoms with Gasteiger partial charge in [0.1, 0.15) is 5.60 Å². The number of hydrogen-bond acceptors (Lipinski definition) is 3. The van der Waals surface area contributed by atoms with Gasteiger partial charge in [-0.1, -0.05) is 17.7 Å². The fourth-order valence-corrected chi connectivity index (χ4v) is 2.61. The van der Waals surface area contributed by atoms with E-state index in [4.69, 9.17) is 16.3 Å². The minimum Gasteiger partial charge on any atom is -0.444 e. The largest absolute Gasteiger partial charge is 0.444 e. The highest BCUT2D eigenvalue weighted by Crippen LogP contribution is 2.30. The van der Waals surface area contributed by atoms with Gasteiger partial charge in [0.25, 0.3) is 0 Å². The molecule has 0 fully saturated rings. The van der Waals surface area contributed by atoms with Gasteiger partial charge in [0, 0.05) is 18.7 Å². The predicted octanol–water partition coefficient (Wildman–Crippen LogP) is 4.45. The lowest BCUT2D eigenvalue weighted by Crippen LogP contribution is -2.39. The summed E-state index contributed by atoms with van der Waals surface area (Å²) in [6, 6.07) is 1.20. The minimum atomic E-state index is -1.29. The summed E-state index contributed by atoms with van der Waals surface area (Å²) in [4.78, 5) is 24.3. The second kappa shape index (κ2) is 6.89. The Morgan fingerprint density at radius 3 is 2.58 bits per heavy atom. The van der Waals surface area contributed by atoms with E-state index in [1.807, 2.05) is 0 Å². The first-order chi connectivity index (χ1) is 11.1. The molecule has 0 unspecified atom stereocenters. The molecule has 7 heteroatoms. The summed E-state index contributed by atoms with van der Waals surface area (Å²) in [5, 5.41) is -0.172. The summed E-state index contributed by atoms with van der Waals surface area (Å²) >= 11 is 5.84. The fourth-order valence-electron chi connectivity index (χ4n) is 2.37. The van der Waals surface area contributed by atoms with Crippen molar-refractivity contribution in [3.63, 3.8) is 0 Å². The van der Waals surface area contributed by atoms with E-state index in [2.05, 4.69) is 0 Å². The summed E-state index contributed by atoms with van der Waals surface area (Å²) in [5.41, 5.74) is -0.803. The highest BCUT2D eigenvalue weighted by molar-refractivity contribution is 6.33. The van der Waals surface area contributed by atoms with Crippen LogP contribution in [-0.2, 0) is 4.74 Å². The first-order valence-corrected chi connectivity index (χ1v) is 7.82. The molecule has 130 valence electrons. The molecule has 0 aliphatic carbocycles. The molecule has 4 nitrogen and oxygen atoms in total. The Morgan fingerprint density at radius 1 is 1.33 bits per heavy atom. The number of nitrogens with zero attached hydrogens (tertiary/aromatic N) is 1. The second-order valence-corrected chi connectivity index (χ2v) is 6.89. The van der Waals surface area contributed by atoms with Crippen LogP contribution >= 0.6 is 11.6 Å². The van der Waals surface area contributed by atoms with E-state index in [1.54, 1.807) is 26.8 Å². The zero-order chi connectivity index (χ0) is 18.1. The van der Waals surface area contributed by atoms with Crippen molar-refractivity contribution in [2.45, 2.75) is 32.8 Å². The molecule has 24 heavy (non-hydrogen) atoms. The number of carbonyl (C=O) groups excluding carboxylic acids is 2. The van der Waals surface area contributed by atoms with Gasteiger partial charge in [-0.3, -0.25) is 4.79 Å². The maximum atomic E-state index is 14.2. The van der Waals surface area contributed by atoms with Crippen LogP contribution in [-0.4, -0.2) is 36.0 Å². The van der Waals surface area contributed by atoms with E-state index in [9.17, 15) is 18.4 Å². The van der Waals surface area contributed by atoms with Crippen LogP contribution < -0.4 is 0 Å². The van der Waals surface area contributed by atoms with Gasteiger partial charge in [-0.15, -0.1) is 0 Å². The minimum absolute atomic E-state index is 0.0589. The molecule has 1 heterocycles. The van der Waals surface area contributed by atoms with Crippen LogP contribution in [0.2, 0.25) is 5.02 Å². The Bertz CT molecular complexity index is 711. The third-order valence-corrected chi connectivity index (χ3v) is 3.77. The van der Waals surface area contributed by atoms with Gasteiger partial charge in [0.15, 0.2) is 17.9 Å². The van der Waals surface area contributed by atoms with Gasteiger partial charge in [-0.05, 0) is 38.8 Å². The van der Waals surface area contributed by atoms with Gasteiger partial charge < -0.3 is 9.64 Å². The molecule has 0 atom stereocenters. The van der Waals surface area contributed by atoms with Crippen molar-refractivity contribution in [3.05, 3.63) is 39.9 Å². The molecule has 1 aliphatic rings. The zero-order valence-electron chi connectivity index (χ0n) is 13.7. The van der Waals surface area contributed by atoms with Crippen LogP contribution in [0.1, 0.15) is 43.1 Å². The third kappa shape index (κ3) is 3.93. The lowest BCUT2D eigenvalue weighted by molar-refractivity contribution is 0.0273. The smallest absolute Gasteiger partial charge is 0.410 e. The van der Waals surface area contributed by atoms with Gasteiger partial charge in [0.05, 0.1) is 10.6 Å². The topological polar surface area (TPSA) is 46.6 Å². The molecular weight excluding hydrogens is 340 g/mol. The van der Waals surface area contributed by atoms with E-state index in [1.165, 1.54) is 11.0 Å². The Labute approximate surface area is 144 Å². The monoisotopic (exact) mass is 357 g/mol. The Hall–Kier alpha value is -1.95. The molecule has 0 saturated heterocycles. The number of rotatable bonds is 2. The number of ether oxygens (including phenoxy) is 1. The van der Waals surface area contributed by atoms with Crippen LogP contribution in [0, 0.1) is 11.6 Å². The number of hydrogen-bond donors (Lipinski definition) is 0. The normalized spacial score (nSPS) is 15.1. The Morgan fingerprint density at radius 2 is 2.00 bits per heavy atom. The van der Waals surface area contributed by atoms with Crippen molar-refractivity contribution < 1.29 is 23.1 Å². The predicted molar refractivity (Wildman–Crippen MR) is 87.2 cm³/mol. The number of halogens is 3. The SMILES string of the molecule is CC(C)(C)OC(=O)N1CCC=C(c2cc(Cl)c(C=O)c(F)c2F)C1. The zero-order valence-corrected chi connectivity index (χ0v) is 14.4. The standard InChI is InChI=1S/C17H18ClF2NO3/c1-17(2,3)24-16(23)21-6-4-5-10(8-21)11-7-13(18)12(9-22)15(20)14(11)19/h5,7,9H,4,6,8H2,1-3H3. The van der Waals surface area contributed by atoms with E-state index in [-0.39, 0.29) is 23.4 Å². The maximum Gasteiger partial charge on any atom is 0.410 e. The highest BCUT2D eigenvalue weighted by atomic mass is 35.5. The van der Waals surface area contributed by atoms with Crippen LogP contribution in [0.3, 0.4) is 0 Å². The molecule has 1 amide bonds. The Balaban J connectivity index is 2.29. The Kier molecular flexibility index (Phi) is 5.28. The fraction of sp³-hybridized carbons (Fsp3) is 0.412. The van der Waals surface area contributed by atoms with E-state index in [0.717, 1.165) is 0 Å². The van der Waals surface area contributed by atoms with E-state index in [0.29, 0.717) is 18.5 Å². The molecule has 0 N–H and O–H groups in total. The van der Waals surface area contributed by atoms with Gasteiger partial charge >= 0.3 is 6.09 Å². The van der Waals surface area contributed by atoms with E-state index >= 15 is 0 Å². The summed E-state index contributed by atoms with van der Waals surface area (Å²) in [6.45, 7) is 5.74. The number of aldehydes is 1. The number of carbonyl (C=O) groups is 2. The summed E-state index contributed by atoms with van der Waals surface area (Å²) in [7, 11) is 0. The quantitative estimate of drug-likeness (QED) is 0.580. The van der Waals surface area contributed by atoms with Crippen molar-refractivity contribution in [1.82, 2.24) is 4.90 Å². The molecule has 1 aliphatic heterocycles. The number of benzene rings is 1. The average molecular weight is 358 g/mol. The van der Waals surface area contributed by atoms with E-state index < -0.39 is 28.9 Å². The summed E-state index contributed by atoms with van der Waals surface area (Å²) in [5.74, 6) is -2.44. The molecule has 0 bridgehead atoms. The first kappa shape index (κ1) is 18.4.